The summed E-state index contributed by atoms with van der Waals surface area (Å²) >= 11 is 0. The second kappa shape index (κ2) is 20.4. The molecule has 16 heteroatoms. The number of carbonyl (C=O) groups excluding carboxylic acids is 5. The molecule has 3 aromatic rings. The average Bonchev–Trinajstić information content (AvgIpc) is 3.52. The van der Waals surface area contributed by atoms with Gasteiger partial charge in [0.1, 0.15) is 23.9 Å². The molecule has 1 aliphatic heterocycles. The minimum atomic E-state index is -1.25. The highest BCUT2D eigenvalue weighted by molar-refractivity contribution is 5.96. The van der Waals surface area contributed by atoms with E-state index in [1.807, 2.05) is 41.5 Å². The summed E-state index contributed by atoms with van der Waals surface area (Å²) < 4.78 is 12.0. The van der Waals surface area contributed by atoms with Crippen molar-refractivity contribution < 1.29 is 48.7 Å². The highest BCUT2D eigenvalue weighted by Crippen LogP contribution is 2.26. The number of unbranched alkanes of at least 4 members (excludes halogenated alkanes) is 1. The number of rotatable bonds is 16. The molecule has 16 nitrogen and oxygen atoms in total. The van der Waals surface area contributed by atoms with Crippen LogP contribution >= 0.6 is 0 Å². The fourth-order valence-electron chi connectivity index (χ4n) is 7.13. The predicted molar refractivity (Wildman–Crippen MR) is 210 cm³/mol. The average molecular weight is 795 g/mol. The monoisotopic (exact) mass is 794 g/mol. The molecule has 0 spiro atoms. The van der Waals surface area contributed by atoms with Crippen molar-refractivity contribution in [3.8, 4) is 5.75 Å². The number of benzene rings is 2. The quantitative estimate of drug-likeness (QED) is 0.0662. The third-order valence-corrected chi connectivity index (χ3v) is 10.0. The van der Waals surface area contributed by atoms with Crippen LogP contribution in [-0.4, -0.2) is 92.5 Å². The standard InChI is InChI=1S/C41H58N6O10/c1-8-9-16-32(38(50)57-30-20-18-28(19-21-30)25-56-47(53)54)42-36(48)33(22-29-24-45(40(52)55-7)35-17-11-10-15-31(29)35)43-37(49)34(23-41(4,5)6)44-39(51)46-26(2)13-12-14-27(46)3/h10-11,15,17-21,24,26-27,32-34,53-54H,8-9,12-14,16,22-23,25H2,1-7H3,(H,42,48)(H,43,49)(H,44,51)/t26?,27?,32-,33?,34?/m1/s1. The van der Waals surface area contributed by atoms with E-state index in [9.17, 15) is 24.0 Å². The number of piperidine rings is 1. The molecule has 0 bridgehead atoms. The molecule has 0 radical (unpaired) electrons. The number of esters is 1. The number of aromatic nitrogens is 1. The molecule has 57 heavy (non-hydrogen) atoms. The first kappa shape index (κ1) is 44.7. The number of carbonyl (C=O) groups is 5. The molecule has 2 heterocycles. The molecule has 2 aromatic carbocycles. The maximum Gasteiger partial charge on any atom is 0.418 e. The van der Waals surface area contributed by atoms with Gasteiger partial charge in [-0.3, -0.25) is 24.6 Å². The van der Waals surface area contributed by atoms with E-state index in [-0.39, 0.29) is 49.7 Å². The largest absolute Gasteiger partial charge is 0.452 e. The van der Waals surface area contributed by atoms with Crippen molar-refractivity contribution in [1.29, 1.82) is 0 Å². The molecule has 0 saturated carbocycles. The molecule has 0 aliphatic carbocycles. The van der Waals surface area contributed by atoms with E-state index < -0.39 is 52.8 Å². The SMILES string of the molecule is CCCC[C@@H](NC(=O)C(Cc1cn(C(=O)OC)c2ccccc12)NC(=O)C(CC(C)(C)C)NC(=O)N1C(C)CCCC1C)C(=O)Oc1ccc(CON(O)O)cc1. The summed E-state index contributed by atoms with van der Waals surface area (Å²) in [6, 6.07) is 9.52. The minimum Gasteiger partial charge on any atom is -0.452 e. The Kier molecular flexibility index (Phi) is 16.0. The summed E-state index contributed by atoms with van der Waals surface area (Å²) in [5.41, 5.74) is 1.27. The van der Waals surface area contributed by atoms with Crippen molar-refractivity contribution in [3.05, 3.63) is 65.9 Å². The van der Waals surface area contributed by atoms with E-state index in [0.29, 0.717) is 28.5 Å². The number of urea groups is 1. The van der Waals surface area contributed by atoms with E-state index >= 15 is 0 Å². The van der Waals surface area contributed by atoms with E-state index in [0.717, 1.165) is 25.7 Å². The van der Waals surface area contributed by atoms with Gasteiger partial charge in [-0.15, -0.1) is 0 Å². The normalized spacial score (nSPS) is 17.4. The van der Waals surface area contributed by atoms with Gasteiger partial charge in [-0.25, -0.2) is 19.2 Å². The minimum absolute atomic E-state index is 0.0111. The van der Waals surface area contributed by atoms with Crippen LogP contribution in [0.2, 0.25) is 0 Å². The van der Waals surface area contributed by atoms with Gasteiger partial charge in [-0.2, -0.15) is 0 Å². The lowest BCUT2D eigenvalue weighted by molar-refractivity contribution is -0.497. The van der Waals surface area contributed by atoms with E-state index in [4.69, 9.17) is 19.9 Å². The van der Waals surface area contributed by atoms with Gasteiger partial charge in [0, 0.05) is 30.1 Å². The van der Waals surface area contributed by atoms with Crippen LogP contribution in [0.4, 0.5) is 9.59 Å². The van der Waals surface area contributed by atoms with Gasteiger partial charge in [0.2, 0.25) is 11.8 Å². The number of likely N-dealkylation sites (tertiary alicyclic amines) is 1. The number of nitrogens with one attached hydrogen (secondary N) is 3. The maximum atomic E-state index is 14.4. The molecule has 1 aliphatic rings. The summed E-state index contributed by atoms with van der Waals surface area (Å²) in [6.07, 6.45) is 5.37. The summed E-state index contributed by atoms with van der Waals surface area (Å²) in [5, 5.41) is 26.6. The van der Waals surface area contributed by atoms with Crippen molar-refractivity contribution in [2.45, 2.75) is 130 Å². The van der Waals surface area contributed by atoms with Gasteiger partial charge in [-0.1, -0.05) is 70.9 Å². The van der Waals surface area contributed by atoms with Gasteiger partial charge < -0.3 is 30.3 Å². The van der Waals surface area contributed by atoms with Gasteiger partial charge in [0.05, 0.1) is 24.6 Å². The lowest BCUT2D eigenvalue weighted by atomic mass is 9.87. The van der Waals surface area contributed by atoms with Gasteiger partial charge in [0.15, 0.2) is 0 Å². The van der Waals surface area contributed by atoms with Crippen LogP contribution < -0.4 is 20.7 Å². The smallest absolute Gasteiger partial charge is 0.418 e. The Morgan fingerprint density at radius 1 is 0.895 bits per heavy atom. The zero-order chi connectivity index (χ0) is 41.9. The fourth-order valence-corrected chi connectivity index (χ4v) is 7.13. The molecule has 4 amide bonds. The molecule has 312 valence electrons. The third-order valence-electron chi connectivity index (χ3n) is 10.0. The van der Waals surface area contributed by atoms with E-state index in [1.54, 1.807) is 47.5 Å². The lowest BCUT2D eigenvalue weighted by Crippen LogP contribution is -2.60. The number of hydrogen-bond donors (Lipinski definition) is 5. The van der Waals surface area contributed by atoms with E-state index in [1.165, 1.54) is 23.8 Å². The fraction of sp³-hybridized carbons (Fsp3) is 0.537. The van der Waals surface area contributed by atoms with Crippen molar-refractivity contribution in [3.63, 3.8) is 0 Å². The van der Waals surface area contributed by atoms with Gasteiger partial charge in [-0.05, 0) is 80.7 Å². The molecule has 1 aromatic heterocycles. The summed E-state index contributed by atoms with van der Waals surface area (Å²) in [4.78, 5) is 75.2. The van der Waals surface area contributed by atoms with Crippen LogP contribution in [0.3, 0.4) is 0 Å². The Hall–Kier alpha value is -5.03. The predicted octanol–water partition coefficient (Wildman–Crippen LogP) is 5.85. The number of amides is 4. The Balaban J connectivity index is 1.65. The first-order chi connectivity index (χ1) is 27.0. The summed E-state index contributed by atoms with van der Waals surface area (Å²) in [6.45, 7) is 11.7. The van der Waals surface area contributed by atoms with E-state index in [2.05, 4.69) is 20.8 Å². The first-order valence-electron chi connectivity index (χ1n) is 19.5. The number of nitrogens with zero attached hydrogens (tertiary/aromatic N) is 3. The van der Waals surface area contributed by atoms with Crippen molar-refractivity contribution in [2.24, 2.45) is 5.41 Å². The maximum absolute atomic E-state index is 14.4. The molecular formula is C41H58N6O10. The van der Waals surface area contributed by atoms with Crippen LogP contribution in [0.15, 0.2) is 54.7 Å². The Morgan fingerprint density at radius 3 is 2.14 bits per heavy atom. The number of hydrogen-bond acceptors (Lipinski definition) is 11. The van der Waals surface area contributed by atoms with Crippen LogP contribution in [-0.2, 0) is 37.0 Å². The van der Waals surface area contributed by atoms with Crippen LogP contribution in [0.5, 0.6) is 5.75 Å². The highest BCUT2D eigenvalue weighted by Gasteiger charge is 2.36. The lowest BCUT2D eigenvalue weighted by Gasteiger charge is -2.40. The third kappa shape index (κ3) is 12.7. The molecule has 1 fully saturated rings. The van der Waals surface area contributed by atoms with Crippen molar-refractivity contribution in [2.75, 3.05) is 7.11 Å². The second-order valence-electron chi connectivity index (χ2n) is 15.9. The van der Waals surface area contributed by atoms with Crippen molar-refractivity contribution >= 4 is 40.8 Å². The Labute approximate surface area is 333 Å². The topological polar surface area (TPSA) is 201 Å². The van der Waals surface area contributed by atoms with Crippen LogP contribution in [0.1, 0.15) is 97.6 Å². The number of para-hydroxylation sites is 1. The molecule has 1 saturated heterocycles. The molecule has 4 unspecified atom stereocenters. The molecule has 5 atom stereocenters. The zero-order valence-electron chi connectivity index (χ0n) is 33.9. The van der Waals surface area contributed by atoms with Crippen LogP contribution in [0.25, 0.3) is 10.9 Å². The molecule has 4 rings (SSSR count). The van der Waals surface area contributed by atoms with Crippen molar-refractivity contribution in [1.82, 2.24) is 30.8 Å². The Morgan fingerprint density at radius 2 is 1.53 bits per heavy atom. The van der Waals surface area contributed by atoms with Crippen LogP contribution in [0, 0.1) is 5.41 Å². The second-order valence-corrected chi connectivity index (χ2v) is 15.9. The molecule has 5 N–H and O–H groups in total. The number of ether oxygens (including phenoxy) is 2. The summed E-state index contributed by atoms with van der Waals surface area (Å²) in [7, 11) is 1.27. The molecular weight excluding hydrogens is 736 g/mol. The number of methoxy groups -OCH3 is 1. The zero-order valence-corrected chi connectivity index (χ0v) is 33.9. The Bertz CT molecular complexity index is 1830. The highest BCUT2D eigenvalue weighted by atomic mass is 17.1. The first-order valence-corrected chi connectivity index (χ1v) is 19.5. The summed E-state index contributed by atoms with van der Waals surface area (Å²) in [5.74, 6) is -1.79. The van der Waals surface area contributed by atoms with Gasteiger partial charge in [0.25, 0.3) is 0 Å². The number of fused-ring (bicyclic) bond motifs is 1. The van der Waals surface area contributed by atoms with Gasteiger partial charge >= 0.3 is 18.1 Å².